The molecule has 0 aliphatic rings. The number of ether oxygens (including phenoxy) is 2. The van der Waals surface area contributed by atoms with E-state index in [4.69, 9.17) is 21.7 Å². The second kappa shape index (κ2) is 9.75. The van der Waals surface area contributed by atoms with Crippen molar-refractivity contribution in [2.75, 3.05) is 13.2 Å². The predicted octanol–water partition coefficient (Wildman–Crippen LogP) is 1.15. The lowest BCUT2D eigenvalue weighted by Crippen LogP contribution is -2.49. The zero-order chi connectivity index (χ0) is 17.2. The van der Waals surface area contributed by atoms with Crippen LogP contribution in [0.2, 0.25) is 0 Å². The van der Waals surface area contributed by atoms with E-state index in [0.29, 0.717) is 17.9 Å². The van der Waals surface area contributed by atoms with Crippen molar-refractivity contribution in [3.8, 4) is 5.75 Å². The number of hydrazine groups is 1. The van der Waals surface area contributed by atoms with Crippen molar-refractivity contribution in [1.82, 2.24) is 16.2 Å². The molecule has 126 valence electrons. The molecular formula is C15H21N3O4S. The largest absolute Gasteiger partial charge is 0.491 e. The van der Waals surface area contributed by atoms with E-state index in [2.05, 4.69) is 16.2 Å². The number of nitrogens with one attached hydrogen (secondary N) is 3. The second-order valence-corrected chi connectivity index (χ2v) is 5.20. The van der Waals surface area contributed by atoms with Crippen LogP contribution in [-0.2, 0) is 9.53 Å². The average Bonchev–Trinajstić information content (AvgIpc) is 2.50. The van der Waals surface area contributed by atoms with Gasteiger partial charge in [-0.05, 0) is 51.2 Å². The Hall–Kier alpha value is -2.19. The normalized spacial score (nSPS) is 10.1. The highest BCUT2D eigenvalue weighted by Crippen LogP contribution is 2.14. The smallest absolute Gasteiger partial charge is 0.264 e. The number of amides is 2. The first-order valence-electron chi connectivity index (χ1n) is 7.17. The van der Waals surface area contributed by atoms with E-state index in [9.17, 15) is 9.59 Å². The molecule has 1 rings (SSSR count). The molecule has 8 heteroatoms. The van der Waals surface area contributed by atoms with Gasteiger partial charge < -0.3 is 9.47 Å². The first-order chi connectivity index (χ1) is 10.9. The third-order valence-electron chi connectivity index (χ3n) is 2.45. The quantitative estimate of drug-likeness (QED) is 0.532. The number of hydrogen-bond donors (Lipinski definition) is 3. The molecule has 0 saturated heterocycles. The lowest BCUT2D eigenvalue weighted by Gasteiger charge is -2.12. The van der Waals surface area contributed by atoms with Gasteiger partial charge in [0.05, 0.1) is 6.10 Å². The maximum absolute atomic E-state index is 12.1. The molecule has 0 fully saturated rings. The lowest BCUT2D eigenvalue weighted by atomic mass is 10.2. The van der Waals surface area contributed by atoms with Gasteiger partial charge in [0.15, 0.2) is 5.11 Å². The van der Waals surface area contributed by atoms with Crippen molar-refractivity contribution in [3.63, 3.8) is 0 Å². The minimum atomic E-state index is -0.407. The average molecular weight is 339 g/mol. The summed E-state index contributed by atoms with van der Waals surface area (Å²) in [5, 5.41) is 2.44. The summed E-state index contributed by atoms with van der Waals surface area (Å²) in [6.07, 6.45) is 0.0107. The number of thiocarbonyl (C=S) groups is 1. The minimum Gasteiger partial charge on any atom is -0.491 e. The van der Waals surface area contributed by atoms with Crippen LogP contribution in [0.4, 0.5) is 0 Å². The van der Waals surface area contributed by atoms with Crippen LogP contribution in [0.5, 0.6) is 5.75 Å². The summed E-state index contributed by atoms with van der Waals surface area (Å²) in [5.74, 6) is -0.205. The van der Waals surface area contributed by atoms with Crippen LogP contribution < -0.4 is 20.9 Å². The van der Waals surface area contributed by atoms with Crippen molar-refractivity contribution in [1.29, 1.82) is 0 Å². The summed E-state index contributed by atoms with van der Waals surface area (Å²) < 4.78 is 10.5. The van der Waals surface area contributed by atoms with Crippen molar-refractivity contribution in [2.45, 2.75) is 26.9 Å². The Kier molecular flexibility index (Phi) is 8.00. The van der Waals surface area contributed by atoms with Gasteiger partial charge in [0.1, 0.15) is 12.4 Å². The predicted molar refractivity (Wildman–Crippen MR) is 90.0 cm³/mol. The Morgan fingerprint density at radius 1 is 1.26 bits per heavy atom. The standard InChI is InChI=1S/C15H21N3O4S/c1-4-21-9-13(19)17-18-15(23)16-14(20)11-6-5-7-12(8-11)22-10(2)3/h5-8,10H,4,9H2,1-3H3,(H,17,19)(H2,16,18,20,23). The van der Waals surface area contributed by atoms with Gasteiger partial charge in [-0.2, -0.15) is 0 Å². The van der Waals surface area contributed by atoms with E-state index in [1.54, 1.807) is 31.2 Å². The summed E-state index contributed by atoms with van der Waals surface area (Å²) >= 11 is 4.93. The second-order valence-electron chi connectivity index (χ2n) is 4.79. The highest BCUT2D eigenvalue weighted by molar-refractivity contribution is 7.80. The molecule has 0 aromatic heterocycles. The third-order valence-corrected chi connectivity index (χ3v) is 2.65. The SMILES string of the molecule is CCOCC(=O)NNC(=S)NC(=O)c1cccc(OC(C)C)c1. The Morgan fingerprint density at radius 2 is 2.00 bits per heavy atom. The van der Waals surface area contributed by atoms with Crippen LogP contribution >= 0.6 is 12.2 Å². The van der Waals surface area contributed by atoms with E-state index >= 15 is 0 Å². The summed E-state index contributed by atoms with van der Waals surface area (Å²) in [5.41, 5.74) is 5.14. The van der Waals surface area contributed by atoms with Gasteiger partial charge in [0, 0.05) is 12.2 Å². The molecule has 0 unspecified atom stereocenters. The molecule has 0 radical (unpaired) electrons. The molecule has 23 heavy (non-hydrogen) atoms. The number of benzene rings is 1. The molecule has 0 heterocycles. The van der Waals surface area contributed by atoms with Crippen LogP contribution in [-0.4, -0.2) is 36.2 Å². The molecule has 3 N–H and O–H groups in total. The Morgan fingerprint density at radius 3 is 2.65 bits per heavy atom. The van der Waals surface area contributed by atoms with Gasteiger partial charge in [-0.1, -0.05) is 6.07 Å². The Balaban J connectivity index is 2.49. The minimum absolute atomic E-state index is 0.0107. The van der Waals surface area contributed by atoms with Gasteiger partial charge in [0.2, 0.25) is 0 Å². The molecule has 0 spiro atoms. The van der Waals surface area contributed by atoms with Gasteiger partial charge in [-0.15, -0.1) is 0 Å². The Labute approximate surface area is 140 Å². The van der Waals surface area contributed by atoms with Crippen LogP contribution in [0.25, 0.3) is 0 Å². The van der Waals surface area contributed by atoms with Crippen LogP contribution in [0.3, 0.4) is 0 Å². The van der Waals surface area contributed by atoms with Crippen molar-refractivity contribution < 1.29 is 19.1 Å². The lowest BCUT2D eigenvalue weighted by molar-refractivity contribution is -0.126. The van der Waals surface area contributed by atoms with E-state index in [-0.39, 0.29) is 17.8 Å². The number of carbonyl (C=O) groups is 2. The van der Waals surface area contributed by atoms with Gasteiger partial charge >= 0.3 is 0 Å². The van der Waals surface area contributed by atoms with Crippen LogP contribution in [0.15, 0.2) is 24.3 Å². The van der Waals surface area contributed by atoms with Gasteiger partial charge in [-0.25, -0.2) is 0 Å². The van der Waals surface area contributed by atoms with Crippen molar-refractivity contribution >= 4 is 29.1 Å². The molecular weight excluding hydrogens is 318 g/mol. The van der Waals surface area contributed by atoms with Crippen LogP contribution in [0.1, 0.15) is 31.1 Å². The fourth-order valence-electron chi connectivity index (χ4n) is 1.55. The topological polar surface area (TPSA) is 88.7 Å². The van der Waals surface area contributed by atoms with Crippen LogP contribution in [0, 0.1) is 0 Å². The maximum atomic E-state index is 12.1. The Bertz CT molecular complexity index is 563. The maximum Gasteiger partial charge on any atom is 0.264 e. The van der Waals surface area contributed by atoms with E-state index in [1.807, 2.05) is 13.8 Å². The first kappa shape index (κ1) is 18.9. The molecule has 1 aromatic rings. The highest BCUT2D eigenvalue weighted by atomic mass is 32.1. The fourth-order valence-corrected chi connectivity index (χ4v) is 1.69. The molecule has 2 amide bonds. The molecule has 0 aliphatic heterocycles. The van der Waals surface area contributed by atoms with Crippen molar-refractivity contribution in [3.05, 3.63) is 29.8 Å². The summed E-state index contributed by atoms with van der Waals surface area (Å²) in [6.45, 7) is 5.92. The summed E-state index contributed by atoms with van der Waals surface area (Å²) in [6, 6.07) is 6.73. The third kappa shape index (κ3) is 7.57. The van der Waals surface area contributed by atoms with E-state index in [1.165, 1.54) is 0 Å². The van der Waals surface area contributed by atoms with Gasteiger partial charge in [-0.3, -0.25) is 25.8 Å². The summed E-state index contributed by atoms with van der Waals surface area (Å²) in [4.78, 5) is 23.4. The molecule has 0 aliphatic carbocycles. The summed E-state index contributed by atoms with van der Waals surface area (Å²) in [7, 11) is 0. The fraction of sp³-hybridized carbons (Fsp3) is 0.400. The van der Waals surface area contributed by atoms with E-state index in [0.717, 1.165) is 0 Å². The highest BCUT2D eigenvalue weighted by Gasteiger charge is 2.10. The number of rotatable bonds is 6. The molecule has 0 saturated carbocycles. The van der Waals surface area contributed by atoms with E-state index < -0.39 is 11.8 Å². The monoisotopic (exact) mass is 339 g/mol. The van der Waals surface area contributed by atoms with Crippen molar-refractivity contribution in [2.24, 2.45) is 0 Å². The zero-order valence-electron chi connectivity index (χ0n) is 13.3. The number of hydrogen-bond acceptors (Lipinski definition) is 5. The molecule has 0 bridgehead atoms. The number of carbonyl (C=O) groups excluding carboxylic acids is 2. The first-order valence-corrected chi connectivity index (χ1v) is 7.57. The molecule has 1 aromatic carbocycles. The van der Waals surface area contributed by atoms with Gasteiger partial charge in [0.25, 0.3) is 11.8 Å². The zero-order valence-corrected chi connectivity index (χ0v) is 14.2. The molecule has 0 atom stereocenters. The molecule has 7 nitrogen and oxygen atoms in total.